The van der Waals surface area contributed by atoms with Crippen molar-refractivity contribution in [3.63, 3.8) is 0 Å². The smallest absolute Gasteiger partial charge is 0.374 e. The molecule has 43 heavy (non-hydrogen) atoms. The van der Waals surface area contributed by atoms with E-state index in [0.29, 0.717) is 23.6 Å². The Morgan fingerprint density at radius 3 is 2.12 bits per heavy atom. The molecule has 8 nitrogen and oxygen atoms in total. The third-order valence-electron chi connectivity index (χ3n) is 6.00. The van der Waals surface area contributed by atoms with Gasteiger partial charge in [0.1, 0.15) is 5.75 Å². The van der Waals surface area contributed by atoms with E-state index in [2.05, 4.69) is 17.4 Å². The van der Waals surface area contributed by atoms with Crippen molar-refractivity contribution in [1.29, 1.82) is 0 Å². The molecule has 0 bridgehead atoms. The van der Waals surface area contributed by atoms with Gasteiger partial charge in [0.05, 0.1) is 31.6 Å². The number of hydrogen-bond donors (Lipinski definition) is 1. The van der Waals surface area contributed by atoms with Crippen LogP contribution in [0.15, 0.2) is 90.7 Å². The molecule has 8 heteroatoms. The van der Waals surface area contributed by atoms with Crippen LogP contribution in [-0.2, 0) is 25.5 Å². The molecule has 0 saturated heterocycles. The Bertz CT molecular complexity index is 1350. The number of amides is 1. The van der Waals surface area contributed by atoms with Crippen molar-refractivity contribution in [2.45, 2.75) is 47.0 Å². The molecule has 0 radical (unpaired) electrons. The minimum absolute atomic E-state index is 0.0843. The topological polar surface area (TPSA) is 100 Å². The molecule has 1 amide bonds. The maximum Gasteiger partial charge on any atom is 0.374 e. The predicted octanol–water partition coefficient (Wildman–Crippen LogP) is 7.00. The fourth-order valence-electron chi connectivity index (χ4n) is 3.78. The number of unbranched alkanes of at least 4 members (excludes halogenated alkanes) is 1. The van der Waals surface area contributed by atoms with Gasteiger partial charge in [-0.25, -0.2) is 9.59 Å². The van der Waals surface area contributed by atoms with Crippen molar-refractivity contribution in [2.75, 3.05) is 25.1 Å². The minimum atomic E-state index is -0.813. The van der Waals surface area contributed by atoms with Crippen molar-refractivity contribution in [3.8, 4) is 11.5 Å². The van der Waals surface area contributed by atoms with E-state index in [4.69, 9.17) is 18.9 Å². The van der Waals surface area contributed by atoms with Gasteiger partial charge in [-0.1, -0.05) is 70.2 Å². The summed E-state index contributed by atoms with van der Waals surface area (Å²) in [7, 11) is 0. The van der Waals surface area contributed by atoms with Crippen LogP contribution >= 0.6 is 0 Å². The Kier molecular flexibility index (Phi) is 13.3. The van der Waals surface area contributed by atoms with Crippen LogP contribution in [0.5, 0.6) is 11.5 Å². The van der Waals surface area contributed by atoms with Gasteiger partial charge in [-0.3, -0.25) is 4.79 Å². The molecule has 3 aromatic carbocycles. The number of esters is 2. The number of carbonyl (C=O) groups is 3. The van der Waals surface area contributed by atoms with Gasteiger partial charge in [-0.05, 0) is 73.1 Å². The van der Waals surface area contributed by atoms with Crippen molar-refractivity contribution in [3.05, 3.63) is 102 Å². The van der Waals surface area contributed by atoms with Gasteiger partial charge in [0.25, 0.3) is 5.91 Å². The average molecular weight is 588 g/mol. The molecule has 0 aliphatic carbocycles. The zero-order chi connectivity index (χ0) is 31.0. The molecule has 0 heterocycles. The lowest BCUT2D eigenvalue weighted by molar-refractivity contribution is -0.144. The molecule has 0 unspecified atom stereocenters. The minimum Gasteiger partial charge on any atom is -0.494 e. The Hall–Kier alpha value is -4.59. The van der Waals surface area contributed by atoms with Gasteiger partial charge in [0, 0.05) is 5.56 Å². The second-order valence-electron chi connectivity index (χ2n) is 10.9. The largest absolute Gasteiger partial charge is 0.494 e. The van der Waals surface area contributed by atoms with Gasteiger partial charge >= 0.3 is 11.9 Å². The fraction of sp³-hybridized carbons (Fsp3) is 0.343. The van der Waals surface area contributed by atoms with E-state index in [9.17, 15) is 14.4 Å². The van der Waals surface area contributed by atoms with E-state index in [0.717, 1.165) is 25.3 Å². The van der Waals surface area contributed by atoms with Gasteiger partial charge in [-0.15, -0.1) is 0 Å². The summed E-state index contributed by atoms with van der Waals surface area (Å²) in [6.45, 7) is 8.51. The quantitative estimate of drug-likeness (QED) is 0.0833. The summed E-state index contributed by atoms with van der Waals surface area (Å²) < 4.78 is 22.1. The molecule has 228 valence electrons. The summed E-state index contributed by atoms with van der Waals surface area (Å²) in [5, 5.41) is 2.81. The first-order valence-corrected chi connectivity index (χ1v) is 14.6. The van der Waals surface area contributed by atoms with E-state index >= 15 is 0 Å². The third-order valence-corrected chi connectivity index (χ3v) is 6.00. The number of rotatable bonds is 16. The number of anilines is 1. The van der Waals surface area contributed by atoms with Gasteiger partial charge in [-0.2, -0.15) is 0 Å². The Morgan fingerprint density at radius 1 is 0.767 bits per heavy atom. The van der Waals surface area contributed by atoms with E-state index in [1.54, 1.807) is 48.5 Å². The number of hydrogen-bond acceptors (Lipinski definition) is 7. The average Bonchev–Trinajstić information content (AvgIpc) is 3.00. The second kappa shape index (κ2) is 17.4. The van der Waals surface area contributed by atoms with E-state index in [1.807, 2.05) is 45.9 Å². The van der Waals surface area contributed by atoms with Crippen LogP contribution in [0.4, 0.5) is 5.69 Å². The first-order valence-electron chi connectivity index (χ1n) is 14.6. The number of aryl methyl sites for hydroxylation is 1. The van der Waals surface area contributed by atoms with Crippen LogP contribution in [0.3, 0.4) is 0 Å². The highest BCUT2D eigenvalue weighted by Gasteiger charge is 2.20. The van der Waals surface area contributed by atoms with Crippen molar-refractivity contribution in [2.24, 2.45) is 11.8 Å². The lowest BCUT2D eigenvalue weighted by atomic mass is 10.1. The molecule has 3 rings (SSSR count). The highest BCUT2D eigenvalue weighted by atomic mass is 16.6. The predicted molar refractivity (Wildman–Crippen MR) is 166 cm³/mol. The van der Waals surface area contributed by atoms with Gasteiger partial charge < -0.3 is 24.3 Å². The maximum atomic E-state index is 13.0. The monoisotopic (exact) mass is 587 g/mol. The maximum absolute atomic E-state index is 13.0. The molecular formula is C35H41NO7. The molecule has 0 aliphatic rings. The SMILES string of the molecule is CC(C)COC(=O)/C=C(/Oc1ccccc1NC(=O)c1ccc(OCCCCc2ccccc2)cc1)C(=O)OCC(C)C. The number of carbonyl (C=O) groups excluding carboxylic acids is 3. The highest BCUT2D eigenvalue weighted by Crippen LogP contribution is 2.27. The first kappa shape index (κ1) is 32.9. The number of para-hydroxylation sites is 2. The van der Waals surface area contributed by atoms with E-state index in [-0.39, 0.29) is 42.5 Å². The molecule has 0 saturated carbocycles. The summed E-state index contributed by atoms with van der Waals surface area (Å²) in [6.07, 6.45) is 3.92. The molecule has 1 N–H and O–H groups in total. The standard InChI is InChI=1S/C35H41NO7/c1-25(2)23-41-33(37)22-32(35(39)42-24-26(3)4)43-31-16-9-8-15-30(31)36-34(38)28-17-19-29(20-18-28)40-21-11-10-14-27-12-6-5-7-13-27/h5-9,12-13,15-20,22,25-26H,10-11,14,21,23-24H2,1-4H3,(H,36,38)/b32-22+. The van der Waals surface area contributed by atoms with Crippen LogP contribution in [0.2, 0.25) is 0 Å². The zero-order valence-corrected chi connectivity index (χ0v) is 25.3. The van der Waals surface area contributed by atoms with E-state index < -0.39 is 11.9 Å². The Labute approximate surface area is 254 Å². The molecular weight excluding hydrogens is 546 g/mol. The van der Waals surface area contributed by atoms with Crippen molar-refractivity contribution in [1.82, 2.24) is 0 Å². The molecule has 0 aromatic heterocycles. The Balaban J connectivity index is 1.61. The van der Waals surface area contributed by atoms with Gasteiger partial charge in [0.2, 0.25) is 5.76 Å². The lowest BCUT2D eigenvalue weighted by Crippen LogP contribution is -2.19. The zero-order valence-electron chi connectivity index (χ0n) is 25.3. The molecule has 0 spiro atoms. The summed E-state index contributed by atoms with van der Waals surface area (Å²) >= 11 is 0. The normalized spacial score (nSPS) is 11.3. The van der Waals surface area contributed by atoms with Gasteiger partial charge in [0.15, 0.2) is 5.75 Å². The molecule has 0 atom stereocenters. The van der Waals surface area contributed by atoms with Crippen molar-refractivity contribution >= 4 is 23.5 Å². The van der Waals surface area contributed by atoms with Crippen LogP contribution in [-0.4, -0.2) is 37.7 Å². The summed E-state index contributed by atoms with van der Waals surface area (Å²) in [5.74, 6) is -1.22. The number of nitrogens with one attached hydrogen (secondary N) is 1. The molecule has 0 aliphatic heterocycles. The van der Waals surface area contributed by atoms with Crippen molar-refractivity contribution < 1.29 is 33.3 Å². The highest BCUT2D eigenvalue weighted by molar-refractivity contribution is 6.05. The summed E-state index contributed by atoms with van der Waals surface area (Å²) in [4.78, 5) is 38.2. The first-order chi connectivity index (χ1) is 20.7. The fourth-order valence-corrected chi connectivity index (χ4v) is 3.78. The Morgan fingerprint density at radius 2 is 1.42 bits per heavy atom. The van der Waals surface area contributed by atoms with Crippen LogP contribution in [0.25, 0.3) is 0 Å². The summed E-state index contributed by atoms with van der Waals surface area (Å²) in [5.41, 5.74) is 2.03. The third kappa shape index (κ3) is 12.0. The van der Waals surface area contributed by atoms with Crippen LogP contribution in [0.1, 0.15) is 56.5 Å². The second-order valence-corrected chi connectivity index (χ2v) is 10.9. The number of benzene rings is 3. The number of ether oxygens (including phenoxy) is 4. The summed E-state index contributed by atoms with van der Waals surface area (Å²) in [6, 6.07) is 23.8. The lowest BCUT2D eigenvalue weighted by Gasteiger charge is -2.15. The molecule has 0 fully saturated rings. The molecule has 3 aromatic rings. The van der Waals surface area contributed by atoms with Crippen LogP contribution in [0, 0.1) is 11.8 Å². The van der Waals surface area contributed by atoms with Crippen LogP contribution < -0.4 is 14.8 Å². The van der Waals surface area contributed by atoms with E-state index in [1.165, 1.54) is 5.56 Å².